The molecule has 0 saturated heterocycles. The van der Waals surface area contributed by atoms with Crippen molar-refractivity contribution in [1.82, 2.24) is 9.78 Å². The Morgan fingerprint density at radius 2 is 1.79 bits per heavy atom. The van der Waals surface area contributed by atoms with E-state index in [1.54, 1.807) is 27.0 Å². The molecule has 0 N–H and O–H groups in total. The van der Waals surface area contributed by atoms with Crippen LogP contribution in [0.1, 0.15) is 27.2 Å². The molecule has 0 spiro atoms. The highest BCUT2D eigenvalue weighted by Gasteiger charge is 2.26. The largest absolute Gasteiger partial charge is 0.744 e. The highest BCUT2D eigenvalue weighted by atomic mass is 35.5. The van der Waals surface area contributed by atoms with E-state index < -0.39 is 20.8 Å². The predicted molar refractivity (Wildman–Crippen MR) is 106 cm³/mol. The zero-order chi connectivity index (χ0) is 20.8. The van der Waals surface area contributed by atoms with Gasteiger partial charge in [0, 0.05) is 23.2 Å². The third-order valence-corrected chi connectivity index (χ3v) is 5.73. The second-order valence-electron chi connectivity index (χ2n) is 6.34. The maximum atomic E-state index is 13.2. The number of halogens is 2. The average molecular weight is 438 g/mol. The van der Waals surface area contributed by atoms with Crippen LogP contribution in [0.3, 0.4) is 0 Å². The van der Waals surface area contributed by atoms with Crippen LogP contribution >= 0.6 is 23.2 Å². The molecule has 28 heavy (non-hydrogen) atoms. The van der Waals surface area contributed by atoms with Crippen LogP contribution in [0.5, 0.6) is 0 Å². The van der Waals surface area contributed by atoms with Crippen LogP contribution in [-0.4, -0.2) is 28.5 Å². The van der Waals surface area contributed by atoms with E-state index in [-0.39, 0.29) is 27.4 Å². The number of aryl methyl sites for hydroxylation is 3. The molecule has 1 aromatic heterocycles. The maximum Gasteiger partial charge on any atom is 0.198 e. The van der Waals surface area contributed by atoms with Crippen molar-refractivity contribution in [3.05, 3.63) is 68.8 Å². The van der Waals surface area contributed by atoms with Gasteiger partial charge in [-0.05, 0) is 44.2 Å². The topological polar surface area (TPSA) is 92.1 Å². The highest BCUT2D eigenvalue weighted by molar-refractivity contribution is 7.85. The lowest BCUT2D eigenvalue weighted by molar-refractivity contribution is 0.103. The van der Waals surface area contributed by atoms with E-state index in [4.69, 9.17) is 23.2 Å². The minimum Gasteiger partial charge on any atom is -0.744 e. The summed E-state index contributed by atoms with van der Waals surface area (Å²) < 4.78 is 36.8. The Morgan fingerprint density at radius 3 is 2.39 bits per heavy atom. The average Bonchev–Trinajstić information content (AvgIpc) is 2.87. The fourth-order valence-corrected chi connectivity index (χ4v) is 4.25. The van der Waals surface area contributed by atoms with E-state index in [0.29, 0.717) is 10.7 Å². The van der Waals surface area contributed by atoms with E-state index in [9.17, 15) is 17.8 Å². The van der Waals surface area contributed by atoms with Gasteiger partial charge in [-0.3, -0.25) is 9.48 Å². The van der Waals surface area contributed by atoms with Crippen molar-refractivity contribution in [2.45, 2.75) is 18.7 Å². The van der Waals surface area contributed by atoms with Crippen molar-refractivity contribution in [2.75, 3.05) is 0 Å². The molecule has 0 aliphatic carbocycles. The van der Waals surface area contributed by atoms with Gasteiger partial charge in [0.25, 0.3) is 0 Å². The summed E-state index contributed by atoms with van der Waals surface area (Å²) in [6.45, 7) is 3.38. The quantitative estimate of drug-likeness (QED) is 0.451. The molecule has 0 unspecified atom stereocenters. The maximum absolute atomic E-state index is 13.2. The normalized spacial score (nSPS) is 11.6. The van der Waals surface area contributed by atoms with Gasteiger partial charge in [-0.25, -0.2) is 8.42 Å². The second-order valence-corrected chi connectivity index (χ2v) is 8.53. The standard InChI is InChI=1S/C19H16Cl2N2O4S/c1-10-4-7-16(28(25,26)27)14(8-10)18-17(11(2)22-23(18)3)19(24)13-6-5-12(20)9-15(13)21/h4-9H,1-3H3,(H,25,26,27)/p-1. The smallest absolute Gasteiger partial charge is 0.198 e. The van der Waals surface area contributed by atoms with Gasteiger partial charge in [-0.1, -0.05) is 34.8 Å². The van der Waals surface area contributed by atoms with Crippen molar-refractivity contribution < 1.29 is 17.8 Å². The van der Waals surface area contributed by atoms with Gasteiger partial charge in [0.05, 0.1) is 26.9 Å². The number of rotatable bonds is 4. The second kappa shape index (κ2) is 7.33. The zero-order valence-corrected chi connectivity index (χ0v) is 17.5. The number of benzene rings is 2. The van der Waals surface area contributed by atoms with Crippen LogP contribution in [0.4, 0.5) is 0 Å². The van der Waals surface area contributed by atoms with Gasteiger partial charge >= 0.3 is 0 Å². The minimum atomic E-state index is -4.77. The number of nitrogens with zero attached hydrogens (tertiary/aromatic N) is 2. The molecule has 9 heteroatoms. The molecule has 0 atom stereocenters. The zero-order valence-electron chi connectivity index (χ0n) is 15.2. The molecule has 146 valence electrons. The van der Waals surface area contributed by atoms with E-state index in [1.165, 1.54) is 35.0 Å². The van der Waals surface area contributed by atoms with Gasteiger partial charge < -0.3 is 4.55 Å². The molecular weight excluding hydrogens is 423 g/mol. The number of carbonyl (C=O) groups is 1. The number of carbonyl (C=O) groups excluding carboxylic acids is 1. The monoisotopic (exact) mass is 437 g/mol. The number of hydrogen-bond donors (Lipinski definition) is 0. The van der Waals surface area contributed by atoms with Gasteiger partial charge in [0.15, 0.2) is 5.78 Å². The summed E-state index contributed by atoms with van der Waals surface area (Å²) in [7, 11) is -3.20. The third kappa shape index (κ3) is 3.71. The predicted octanol–water partition coefficient (Wildman–Crippen LogP) is 4.15. The summed E-state index contributed by atoms with van der Waals surface area (Å²) in [4.78, 5) is 12.8. The Morgan fingerprint density at radius 1 is 1.11 bits per heavy atom. The Bertz CT molecular complexity index is 1220. The molecule has 0 aliphatic heterocycles. The van der Waals surface area contributed by atoms with Crippen LogP contribution in [0.15, 0.2) is 41.3 Å². The van der Waals surface area contributed by atoms with Gasteiger partial charge in [-0.15, -0.1) is 0 Å². The number of aromatic nitrogens is 2. The number of ketones is 1. The molecule has 6 nitrogen and oxygen atoms in total. The lowest BCUT2D eigenvalue weighted by atomic mass is 9.97. The Balaban J connectivity index is 2.32. The van der Waals surface area contributed by atoms with E-state index in [2.05, 4.69) is 5.10 Å². The molecule has 0 radical (unpaired) electrons. The molecule has 3 aromatic rings. The molecule has 3 rings (SSSR count). The molecule has 2 aromatic carbocycles. The van der Waals surface area contributed by atoms with Crippen LogP contribution in [0.2, 0.25) is 10.0 Å². The highest BCUT2D eigenvalue weighted by Crippen LogP contribution is 2.34. The molecule has 0 aliphatic rings. The first kappa shape index (κ1) is 20.5. The Labute approximate surface area is 172 Å². The first-order chi connectivity index (χ1) is 13.0. The minimum absolute atomic E-state index is 0.117. The summed E-state index contributed by atoms with van der Waals surface area (Å²) in [5.74, 6) is -0.446. The summed E-state index contributed by atoms with van der Waals surface area (Å²) in [5.41, 5.74) is 1.82. The van der Waals surface area contributed by atoms with E-state index in [0.717, 1.165) is 5.56 Å². The van der Waals surface area contributed by atoms with Crippen molar-refractivity contribution >= 4 is 39.1 Å². The van der Waals surface area contributed by atoms with Gasteiger partial charge in [-0.2, -0.15) is 5.10 Å². The number of hydrogen-bond acceptors (Lipinski definition) is 5. The van der Waals surface area contributed by atoms with E-state index in [1.807, 2.05) is 0 Å². The van der Waals surface area contributed by atoms with Crippen molar-refractivity contribution in [3.8, 4) is 11.3 Å². The Hall–Kier alpha value is -2.19. The fourth-order valence-electron chi connectivity index (χ4n) is 3.09. The molecule has 1 heterocycles. The van der Waals surface area contributed by atoms with Gasteiger partial charge in [0.2, 0.25) is 0 Å². The molecule has 0 saturated carbocycles. The van der Waals surface area contributed by atoms with Crippen LogP contribution < -0.4 is 0 Å². The van der Waals surface area contributed by atoms with Crippen LogP contribution in [-0.2, 0) is 17.2 Å². The summed E-state index contributed by atoms with van der Waals surface area (Å²) in [5, 5.41) is 4.80. The first-order valence-electron chi connectivity index (χ1n) is 8.11. The molecule has 0 fully saturated rings. The van der Waals surface area contributed by atoms with E-state index >= 15 is 0 Å². The summed E-state index contributed by atoms with van der Waals surface area (Å²) in [6.07, 6.45) is 0. The Kier molecular flexibility index (Phi) is 5.38. The lowest BCUT2D eigenvalue weighted by Gasteiger charge is -2.15. The molecule has 0 amide bonds. The van der Waals surface area contributed by atoms with Crippen molar-refractivity contribution in [1.29, 1.82) is 0 Å². The van der Waals surface area contributed by atoms with Crippen molar-refractivity contribution in [2.24, 2.45) is 7.05 Å². The summed E-state index contributed by atoms with van der Waals surface area (Å²) >= 11 is 12.1. The van der Waals surface area contributed by atoms with Crippen molar-refractivity contribution in [3.63, 3.8) is 0 Å². The third-order valence-electron chi connectivity index (χ3n) is 4.28. The first-order valence-corrected chi connectivity index (χ1v) is 10.3. The lowest BCUT2D eigenvalue weighted by Crippen LogP contribution is -2.09. The summed E-state index contributed by atoms with van der Waals surface area (Å²) in [6, 6.07) is 8.77. The van der Waals surface area contributed by atoms with Gasteiger partial charge in [0.1, 0.15) is 10.1 Å². The fraction of sp³-hybridized carbons (Fsp3) is 0.158. The van der Waals surface area contributed by atoms with Crippen LogP contribution in [0.25, 0.3) is 11.3 Å². The molecule has 0 bridgehead atoms. The SMILES string of the molecule is Cc1ccc(S(=O)(=O)[O-])c(-c2c(C(=O)c3ccc(Cl)cc3Cl)c(C)nn2C)c1. The van der Waals surface area contributed by atoms with Crippen LogP contribution in [0, 0.1) is 13.8 Å². The molecular formula is C19H15Cl2N2O4S-.